The predicted molar refractivity (Wildman–Crippen MR) is 99.6 cm³/mol. The third-order valence-electron chi connectivity index (χ3n) is 4.77. The molecule has 0 radical (unpaired) electrons. The molecule has 1 aromatic heterocycles. The Bertz CT molecular complexity index is 681. The number of carbonyl (C=O) groups is 1. The number of para-hydroxylation sites is 1. The number of amides is 2. The number of urea groups is 1. The highest BCUT2D eigenvalue weighted by Gasteiger charge is 2.24. The van der Waals surface area contributed by atoms with Crippen LogP contribution in [0, 0.1) is 5.92 Å². The average molecular weight is 341 g/mol. The molecule has 0 bridgehead atoms. The molecule has 5 heteroatoms. The number of hydrogen-bond donors (Lipinski definition) is 3. The van der Waals surface area contributed by atoms with Gasteiger partial charge in [0.05, 0.1) is 12.3 Å². The molecule has 1 heterocycles. The number of benzene rings is 1. The lowest BCUT2D eigenvalue weighted by Gasteiger charge is -2.26. The van der Waals surface area contributed by atoms with Gasteiger partial charge >= 0.3 is 6.03 Å². The fraction of sp³-hybridized carbons (Fsp3) is 0.450. The van der Waals surface area contributed by atoms with Crippen LogP contribution in [0.2, 0.25) is 0 Å². The summed E-state index contributed by atoms with van der Waals surface area (Å²) in [6.45, 7) is 4.88. The van der Waals surface area contributed by atoms with E-state index < -0.39 is 0 Å². The van der Waals surface area contributed by atoms with Gasteiger partial charge in [0.25, 0.3) is 0 Å². The molecule has 0 saturated carbocycles. The molecule has 2 aromatic rings. The minimum atomic E-state index is -0.125. The molecule has 0 saturated heterocycles. The SMILES string of the molecule is CC(C)C(CNC(=O)NC1CCCc2occc21)Nc1ccccc1. The summed E-state index contributed by atoms with van der Waals surface area (Å²) in [7, 11) is 0. The molecule has 5 nitrogen and oxygen atoms in total. The number of aryl methyl sites for hydroxylation is 1. The van der Waals surface area contributed by atoms with Gasteiger partial charge in [0.1, 0.15) is 5.76 Å². The van der Waals surface area contributed by atoms with E-state index in [0.717, 1.165) is 36.3 Å². The van der Waals surface area contributed by atoms with Crippen LogP contribution in [0.1, 0.15) is 44.1 Å². The van der Waals surface area contributed by atoms with Crippen LogP contribution in [0.25, 0.3) is 0 Å². The van der Waals surface area contributed by atoms with Crippen LogP contribution in [0.5, 0.6) is 0 Å². The zero-order valence-corrected chi connectivity index (χ0v) is 14.9. The Morgan fingerprint density at radius 2 is 2.04 bits per heavy atom. The van der Waals surface area contributed by atoms with Crippen LogP contribution in [-0.4, -0.2) is 18.6 Å². The maximum atomic E-state index is 12.3. The zero-order chi connectivity index (χ0) is 17.6. The molecular weight excluding hydrogens is 314 g/mol. The fourth-order valence-corrected chi connectivity index (χ4v) is 3.25. The molecule has 3 rings (SSSR count). The van der Waals surface area contributed by atoms with E-state index in [0.29, 0.717) is 12.5 Å². The number of hydrogen-bond acceptors (Lipinski definition) is 3. The largest absolute Gasteiger partial charge is 0.469 e. The third-order valence-corrected chi connectivity index (χ3v) is 4.77. The number of fused-ring (bicyclic) bond motifs is 1. The molecule has 2 amide bonds. The molecule has 1 aliphatic rings. The van der Waals surface area contributed by atoms with E-state index in [4.69, 9.17) is 4.42 Å². The lowest BCUT2D eigenvalue weighted by atomic mass is 9.93. The van der Waals surface area contributed by atoms with Gasteiger partial charge in [0.15, 0.2) is 0 Å². The Kier molecular flexibility index (Phi) is 5.64. The van der Waals surface area contributed by atoms with E-state index in [1.807, 2.05) is 36.4 Å². The maximum Gasteiger partial charge on any atom is 0.315 e. The van der Waals surface area contributed by atoms with Crippen LogP contribution in [0.15, 0.2) is 47.1 Å². The molecule has 2 atom stereocenters. The molecule has 134 valence electrons. The van der Waals surface area contributed by atoms with Crippen molar-refractivity contribution in [2.45, 2.75) is 45.2 Å². The Morgan fingerprint density at radius 3 is 2.80 bits per heavy atom. The summed E-state index contributed by atoms with van der Waals surface area (Å²) in [6, 6.07) is 12.1. The molecule has 0 fully saturated rings. The fourth-order valence-electron chi connectivity index (χ4n) is 3.25. The van der Waals surface area contributed by atoms with Gasteiger partial charge in [0, 0.05) is 30.3 Å². The summed E-state index contributed by atoms with van der Waals surface area (Å²) in [6.07, 6.45) is 4.66. The standard InChI is InChI=1S/C20H27N3O2/c1-14(2)18(22-15-7-4-3-5-8-15)13-21-20(24)23-17-9-6-10-19-16(17)11-12-25-19/h3-5,7-8,11-12,14,17-18,22H,6,9-10,13H2,1-2H3,(H2,21,23,24). The Labute approximate surface area is 149 Å². The van der Waals surface area contributed by atoms with Crippen molar-refractivity contribution >= 4 is 11.7 Å². The van der Waals surface area contributed by atoms with Crippen molar-refractivity contribution in [2.24, 2.45) is 5.92 Å². The Hall–Kier alpha value is -2.43. The predicted octanol–water partition coefficient (Wildman–Crippen LogP) is 4.09. The highest BCUT2D eigenvalue weighted by molar-refractivity contribution is 5.74. The summed E-state index contributed by atoms with van der Waals surface area (Å²) in [5.74, 6) is 1.40. The van der Waals surface area contributed by atoms with E-state index in [1.54, 1.807) is 6.26 Å². The average Bonchev–Trinajstić information content (AvgIpc) is 3.09. The molecule has 3 N–H and O–H groups in total. The normalized spacial score (nSPS) is 17.6. The van der Waals surface area contributed by atoms with Gasteiger partial charge in [-0.2, -0.15) is 0 Å². The van der Waals surface area contributed by atoms with Gasteiger partial charge in [0.2, 0.25) is 0 Å². The van der Waals surface area contributed by atoms with Gasteiger partial charge in [-0.1, -0.05) is 32.0 Å². The van der Waals surface area contributed by atoms with Crippen molar-refractivity contribution in [3.63, 3.8) is 0 Å². The van der Waals surface area contributed by atoms with Gasteiger partial charge < -0.3 is 20.4 Å². The van der Waals surface area contributed by atoms with Crippen LogP contribution in [0.4, 0.5) is 10.5 Å². The summed E-state index contributed by atoms with van der Waals surface area (Å²) in [5, 5.41) is 9.58. The van der Waals surface area contributed by atoms with Crippen molar-refractivity contribution in [3.05, 3.63) is 54.0 Å². The van der Waals surface area contributed by atoms with Crippen molar-refractivity contribution < 1.29 is 9.21 Å². The van der Waals surface area contributed by atoms with Gasteiger partial charge in [-0.15, -0.1) is 0 Å². The number of furan rings is 1. The van der Waals surface area contributed by atoms with E-state index in [9.17, 15) is 4.79 Å². The molecular formula is C20H27N3O2. The van der Waals surface area contributed by atoms with E-state index in [2.05, 4.69) is 29.8 Å². The summed E-state index contributed by atoms with van der Waals surface area (Å²) in [4.78, 5) is 12.3. The Morgan fingerprint density at radius 1 is 1.24 bits per heavy atom. The van der Waals surface area contributed by atoms with Crippen LogP contribution in [-0.2, 0) is 6.42 Å². The quantitative estimate of drug-likeness (QED) is 0.741. The van der Waals surface area contributed by atoms with E-state index >= 15 is 0 Å². The smallest absolute Gasteiger partial charge is 0.315 e. The second kappa shape index (κ2) is 8.10. The third kappa shape index (κ3) is 4.56. The van der Waals surface area contributed by atoms with Gasteiger partial charge in [-0.3, -0.25) is 0 Å². The molecule has 1 aliphatic carbocycles. The van der Waals surface area contributed by atoms with Gasteiger partial charge in [-0.05, 0) is 37.0 Å². The van der Waals surface area contributed by atoms with Crippen LogP contribution >= 0.6 is 0 Å². The number of carbonyl (C=O) groups excluding carboxylic acids is 1. The number of anilines is 1. The first kappa shape index (κ1) is 17.4. The first-order valence-electron chi connectivity index (χ1n) is 9.05. The summed E-state index contributed by atoms with van der Waals surface area (Å²) >= 11 is 0. The van der Waals surface area contributed by atoms with E-state index in [1.165, 1.54) is 0 Å². The van der Waals surface area contributed by atoms with Crippen LogP contribution in [0.3, 0.4) is 0 Å². The van der Waals surface area contributed by atoms with Crippen molar-refractivity contribution in [1.82, 2.24) is 10.6 Å². The van der Waals surface area contributed by atoms with Crippen molar-refractivity contribution in [2.75, 3.05) is 11.9 Å². The molecule has 2 unspecified atom stereocenters. The van der Waals surface area contributed by atoms with Gasteiger partial charge in [-0.25, -0.2) is 4.79 Å². The van der Waals surface area contributed by atoms with E-state index in [-0.39, 0.29) is 18.1 Å². The lowest BCUT2D eigenvalue weighted by Crippen LogP contribution is -2.45. The minimum absolute atomic E-state index is 0.0436. The zero-order valence-electron chi connectivity index (χ0n) is 14.9. The van der Waals surface area contributed by atoms with Crippen molar-refractivity contribution in [1.29, 1.82) is 0 Å². The number of rotatable bonds is 6. The lowest BCUT2D eigenvalue weighted by molar-refractivity contribution is 0.234. The summed E-state index contributed by atoms with van der Waals surface area (Å²) < 4.78 is 5.48. The molecule has 1 aromatic carbocycles. The van der Waals surface area contributed by atoms with Crippen molar-refractivity contribution in [3.8, 4) is 0 Å². The maximum absolute atomic E-state index is 12.3. The second-order valence-electron chi connectivity index (χ2n) is 6.96. The monoisotopic (exact) mass is 341 g/mol. The molecule has 0 spiro atoms. The number of nitrogens with one attached hydrogen (secondary N) is 3. The summed E-state index contributed by atoms with van der Waals surface area (Å²) in [5.41, 5.74) is 2.18. The molecule has 25 heavy (non-hydrogen) atoms. The highest BCUT2D eigenvalue weighted by atomic mass is 16.3. The Balaban J connectivity index is 1.52. The van der Waals surface area contributed by atoms with Crippen LogP contribution < -0.4 is 16.0 Å². The molecule has 0 aliphatic heterocycles. The second-order valence-corrected chi connectivity index (χ2v) is 6.96. The first-order valence-corrected chi connectivity index (χ1v) is 9.05. The topological polar surface area (TPSA) is 66.3 Å². The minimum Gasteiger partial charge on any atom is -0.469 e. The first-order chi connectivity index (χ1) is 12.1. The highest BCUT2D eigenvalue weighted by Crippen LogP contribution is 2.30.